The second kappa shape index (κ2) is 10.1. The van der Waals surface area contributed by atoms with Crippen LogP contribution in [0.15, 0.2) is 30.3 Å². The highest BCUT2D eigenvalue weighted by molar-refractivity contribution is 6.32. The Morgan fingerprint density at radius 3 is 2.56 bits per heavy atom. The summed E-state index contributed by atoms with van der Waals surface area (Å²) in [5.74, 6) is 1.54. The van der Waals surface area contributed by atoms with Crippen LogP contribution in [0, 0.1) is 5.92 Å². The molecule has 0 saturated heterocycles. The molecule has 8 heteroatoms. The molecule has 2 amide bonds. The molecule has 2 atom stereocenters. The number of benzene rings is 2. The fourth-order valence-electron chi connectivity index (χ4n) is 3.77. The Morgan fingerprint density at radius 1 is 1.19 bits per heavy atom. The highest BCUT2D eigenvalue weighted by Crippen LogP contribution is 2.42. The lowest BCUT2D eigenvalue weighted by molar-refractivity contribution is -0.129. The van der Waals surface area contributed by atoms with Gasteiger partial charge in [0.05, 0.1) is 25.8 Å². The summed E-state index contributed by atoms with van der Waals surface area (Å²) in [5.41, 5.74) is 2.71. The fourth-order valence-corrected chi connectivity index (χ4v) is 4.06. The molecule has 1 aliphatic heterocycles. The van der Waals surface area contributed by atoms with Crippen molar-refractivity contribution in [3.8, 4) is 28.4 Å². The average molecular weight is 461 g/mol. The number of carbonyl (C=O) groups excluding carboxylic acids is 2. The summed E-state index contributed by atoms with van der Waals surface area (Å²) in [6.45, 7) is 5.48. The van der Waals surface area contributed by atoms with Gasteiger partial charge in [-0.05, 0) is 41.8 Å². The summed E-state index contributed by atoms with van der Waals surface area (Å²) in [6.07, 6.45) is 0.348. The maximum absolute atomic E-state index is 12.6. The third-order valence-corrected chi connectivity index (χ3v) is 5.66. The van der Waals surface area contributed by atoms with Crippen LogP contribution < -0.4 is 24.8 Å². The molecular formula is C24H29ClN2O5. The maximum Gasteiger partial charge on any atom is 0.242 e. The van der Waals surface area contributed by atoms with E-state index in [0.717, 1.165) is 16.7 Å². The minimum Gasteiger partial charge on any atom is -0.497 e. The van der Waals surface area contributed by atoms with Gasteiger partial charge in [-0.2, -0.15) is 0 Å². The zero-order valence-electron chi connectivity index (χ0n) is 19.0. The van der Waals surface area contributed by atoms with Crippen LogP contribution in [-0.2, 0) is 16.0 Å². The predicted octanol–water partition coefficient (Wildman–Crippen LogP) is 3.60. The van der Waals surface area contributed by atoms with Gasteiger partial charge in [-0.3, -0.25) is 9.59 Å². The summed E-state index contributed by atoms with van der Waals surface area (Å²) in [4.78, 5) is 24.0. The van der Waals surface area contributed by atoms with Crippen molar-refractivity contribution in [1.29, 1.82) is 0 Å². The first-order valence-electron chi connectivity index (χ1n) is 10.5. The van der Waals surface area contributed by atoms with Crippen LogP contribution in [0.25, 0.3) is 11.1 Å². The summed E-state index contributed by atoms with van der Waals surface area (Å²) in [6, 6.07) is 8.86. The summed E-state index contributed by atoms with van der Waals surface area (Å²) in [5, 5.41) is 6.07. The predicted molar refractivity (Wildman–Crippen MR) is 124 cm³/mol. The lowest BCUT2D eigenvalue weighted by Crippen LogP contribution is -2.50. The van der Waals surface area contributed by atoms with Crippen LogP contribution >= 0.6 is 11.6 Å². The van der Waals surface area contributed by atoms with Gasteiger partial charge in [0.2, 0.25) is 11.8 Å². The molecule has 0 aliphatic carbocycles. The van der Waals surface area contributed by atoms with Crippen molar-refractivity contribution in [3.05, 3.63) is 40.9 Å². The minimum absolute atomic E-state index is 0.0320. The van der Waals surface area contributed by atoms with E-state index in [1.807, 2.05) is 44.2 Å². The van der Waals surface area contributed by atoms with Gasteiger partial charge in [0.1, 0.15) is 29.4 Å². The van der Waals surface area contributed by atoms with Crippen molar-refractivity contribution in [2.45, 2.75) is 39.3 Å². The molecule has 7 nitrogen and oxygen atoms in total. The Balaban J connectivity index is 1.75. The molecule has 2 aromatic rings. The number of amides is 2. The molecule has 0 saturated carbocycles. The van der Waals surface area contributed by atoms with E-state index < -0.39 is 6.04 Å². The van der Waals surface area contributed by atoms with Gasteiger partial charge in [-0.25, -0.2) is 0 Å². The molecule has 1 heterocycles. The molecule has 0 fully saturated rings. The van der Waals surface area contributed by atoms with Crippen molar-refractivity contribution in [2.75, 3.05) is 20.8 Å². The molecule has 0 bridgehead atoms. The van der Waals surface area contributed by atoms with Crippen molar-refractivity contribution in [3.63, 3.8) is 0 Å². The van der Waals surface area contributed by atoms with Gasteiger partial charge in [-0.15, -0.1) is 0 Å². The first-order chi connectivity index (χ1) is 15.2. The molecule has 0 spiro atoms. The second-order valence-corrected chi connectivity index (χ2v) is 8.53. The normalized spacial score (nSPS) is 15.5. The van der Waals surface area contributed by atoms with Gasteiger partial charge in [-0.1, -0.05) is 25.4 Å². The number of carbonyl (C=O) groups is 2. The van der Waals surface area contributed by atoms with Gasteiger partial charge >= 0.3 is 0 Å². The smallest absolute Gasteiger partial charge is 0.242 e. The molecule has 32 heavy (non-hydrogen) atoms. The van der Waals surface area contributed by atoms with Crippen molar-refractivity contribution < 1.29 is 23.8 Å². The van der Waals surface area contributed by atoms with Crippen molar-refractivity contribution in [2.24, 2.45) is 5.92 Å². The van der Waals surface area contributed by atoms with Crippen LogP contribution in [0.1, 0.15) is 26.3 Å². The molecule has 1 aliphatic rings. The van der Waals surface area contributed by atoms with E-state index >= 15 is 0 Å². The van der Waals surface area contributed by atoms with E-state index in [1.165, 1.54) is 6.92 Å². The Hall–Kier alpha value is -2.93. The van der Waals surface area contributed by atoms with E-state index in [0.29, 0.717) is 35.2 Å². The first kappa shape index (κ1) is 23.7. The van der Waals surface area contributed by atoms with Crippen molar-refractivity contribution in [1.82, 2.24) is 10.6 Å². The quantitative estimate of drug-likeness (QED) is 0.628. The summed E-state index contributed by atoms with van der Waals surface area (Å²) < 4.78 is 16.9. The van der Waals surface area contributed by atoms with Gasteiger partial charge in [0.15, 0.2) is 0 Å². The first-order valence-corrected chi connectivity index (χ1v) is 10.9. The largest absolute Gasteiger partial charge is 0.497 e. The van der Waals surface area contributed by atoms with Crippen molar-refractivity contribution >= 4 is 23.4 Å². The Morgan fingerprint density at radius 2 is 1.94 bits per heavy atom. The zero-order chi connectivity index (χ0) is 23.4. The number of hydrogen-bond acceptors (Lipinski definition) is 5. The Labute approximate surface area is 193 Å². The summed E-state index contributed by atoms with van der Waals surface area (Å²) >= 11 is 6.54. The Kier molecular flexibility index (Phi) is 7.51. The standard InChI is InChI=1S/C24H29ClN2O5/c1-13(2)22(27-14(3)28)24(29)26-12-18-9-16-8-15(10-20(25)23(16)32-18)19-11-17(30-4)6-7-21(19)31-5/h6-8,10-11,13,18,22H,9,12H2,1-5H3,(H,26,29)(H,27,28). The molecule has 0 aromatic heterocycles. The highest BCUT2D eigenvalue weighted by Gasteiger charge is 2.29. The maximum atomic E-state index is 12.6. The van der Waals surface area contributed by atoms with E-state index in [2.05, 4.69) is 10.6 Å². The van der Waals surface area contributed by atoms with E-state index in [-0.39, 0.29) is 23.8 Å². The van der Waals surface area contributed by atoms with Crippen LogP contribution in [0.2, 0.25) is 5.02 Å². The number of ether oxygens (including phenoxy) is 3. The molecule has 2 N–H and O–H groups in total. The Bertz CT molecular complexity index is 1010. The second-order valence-electron chi connectivity index (χ2n) is 8.12. The lowest BCUT2D eigenvalue weighted by atomic mass is 9.99. The van der Waals surface area contributed by atoms with Gasteiger partial charge in [0, 0.05) is 24.5 Å². The third-order valence-electron chi connectivity index (χ3n) is 5.38. The van der Waals surface area contributed by atoms with Crippen LogP contribution in [0.3, 0.4) is 0 Å². The molecule has 172 valence electrons. The van der Waals surface area contributed by atoms with Crippen LogP contribution in [0.4, 0.5) is 0 Å². The third kappa shape index (κ3) is 5.27. The van der Waals surface area contributed by atoms with Crippen LogP contribution in [-0.4, -0.2) is 44.7 Å². The zero-order valence-corrected chi connectivity index (χ0v) is 19.7. The SMILES string of the molecule is COc1ccc(OC)c(-c2cc(Cl)c3c(c2)CC(CNC(=O)C(NC(C)=O)C(C)C)O3)c1. The number of nitrogens with one attached hydrogen (secondary N) is 2. The lowest BCUT2D eigenvalue weighted by Gasteiger charge is -2.22. The molecule has 2 aromatic carbocycles. The molecule has 0 radical (unpaired) electrons. The number of fused-ring (bicyclic) bond motifs is 1. The number of halogens is 1. The molecule has 2 unspecified atom stereocenters. The molecule has 3 rings (SSSR count). The number of rotatable bonds is 8. The van der Waals surface area contributed by atoms with Crippen LogP contribution in [0.5, 0.6) is 17.2 Å². The number of hydrogen-bond donors (Lipinski definition) is 2. The highest BCUT2D eigenvalue weighted by atomic mass is 35.5. The van der Waals surface area contributed by atoms with E-state index in [1.54, 1.807) is 14.2 Å². The number of methoxy groups -OCH3 is 2. The monoisotopic (exact) mass is 460 g/mol. The minimum atomic E-state index is -0.591. The van der Waals surface area contributed by atoms with Gasteiger partial charge < -0.3 is 24.8 Å². The van der Waals surface area contributed by atoms with E-state index in [4.69, 9.17) is 25.8 Å². The fraction of sp³-hybridized carbons (Fsp3) is 0.417. The molecular weight excluding hydrogens is 432 g/mol. The van der Waals surface area contributed by atoms with E-state index in [9.17, 15) is 9.59 Å². The summed E-state index contributed by atoms with van der Waals surface area (Å²) in [7, 11) is 3.23. The topological polar surface area (TPSA) is 85.9 Å². The van der Waals surface area contributed by atoms with Gasteiger partial charge in [0.25, 0.3) is 0 Å². The average Bonchev–Trinajstić information content (AvgIpc) is 3.18.